The second-order valence-corrected chi connectivity index (χ2v) is 7.44. The molecule has 0 spiro atoms. The van der Waals surface area contributed by atoms with Crippen molar-refractivity contribution in [2.75, 3.05) is 0 Å². The van der Waals surface area contributed by atoms with Crippen molar-refractivity contribution in [2.45, 2.75) is 19.0 Å². The van der Waals surface area contributed by atoms with Crippen LogP contribution in [0.5, 0.6) is 0 Å². The molecule has 4 rings (SSSR count). The molecule has 1 unspecified atom stereocenters. The molecule has 0 aliphatic heterocycles. The van der Waals surface area contributed by atoms with Gasteiger partial charge in [0, 0.05) is 20.0 Å². The van der Waals surface area contributed by atoms with Crippen molar-refractivity contribution in [2.24, 2.45) is 7.05 Å². The maximum atomic E-state index is 13.3. The van der Waals surface area contributed by atoms with Crippen LogP contribution in [0.25, 0.3) is 10.9 Å². The number of rotatable bonds is 6. The first-order valence-corrected chi connectivity index (χ1v) is 10.1. The molecule has 1 aromatic heterocycles. The van der Waals surface area contributed by atoms with Crippen LogP contribution in [0, 0.1) is 0 Å². The average molecular weight is 413 g/mol. The van der Waals surface area contributed by atoms with E-state index in [2.05, 4.69) is 5.32 Å². The number of carbonyl (C=O) groups is 1. The first-order valence-electron chi connectivity index (χ1n) is 10.1. The highest BCUT2D eigenvalue weighted by atomic mass is 16.2. The van der Waals surface area contributed by atoms with Gasteiger partial charge in [-0.05, 0) is 23.3 Å². The lowest BCUT2D eigenvalue weighted by molar-refractivity contribution is -0.124. The average Bonchev–Trinajstić information content (AvgIpc) is 2.82. The van der Waals surface area contributed by atoms with E-state index in [0.717, 1.165) is 15.7 Å². The highest BCUT2D eigenvalue weighted by molar-refractivity contribution is 5.82. The molecule has 1 N–H and O–H groups in total. The van der Waals surface area contributed by atoms with E-state index in [-0.39, 0.29) is 12.3 Å². The summed E-state index contributed by atoms with van der Waals surface area (Å²) < 4.78 is 2.49. The van der Waals surface area contributed by atoms with E-state index < -0.39 is 17.3 Å². The van der Waals surface area contributed by atoms with Gasteiger partial charge in [0.05, 0.1) is 10.9 Å². The van der Waals surface area contributed by atoms with Gasteiger partial charge in [-0.3, -0.25) is 14.2 Å². The molecule has 0 radical (unpaired) electrons. The molecular weight excluding hydrogens is 390 g/mol. The van der Waals surface area contributed by atoms with Crippen LogP contribution in [0.4, 0.5) is 0 Å². The van der Waals surface area contributed by atoms with Crippen molar-refractivity contribution in [3.63, 3.8) is 0 Å². The summed E-state index contributed by atoms with van der Waals surface area (Å²) in [5.74, 6) is -0.373. The smallest absolute Gasteiger partial charge is 0.331 e. The number of aryl methyl sites for hydroxylation is 1. The fraction of sp³-hybridized carbons (Fsp3) is 0.160. The molecule has 31 heavy (non-hydrogen) atoms. The minimum absolute atomic E-state index is 0.231. The Morgan fingerprint density at radius 1 is 0.839 bits per heavy atom. The SMILES string of the molecule is Cn1c(=O)n(C(Cc2ccccc2)C(=O)NCc2ccccc2)c(=O)c2ccccc21. The van der Waals surface area contributed by atoms with E-state index in [4.69, 9.17) is 0 Å². The zero-order valence-electron chi connectivity index (χ0n) is 17.2. The van der Waals surface area contributed by atoms with Crippen molar-refractivity contribution >= 4 is 16.8 Å². The molecule has 1 amide bonds. The minimum atomic E-state index is -0.970. The van der Waals surface area contributed by atoms with Gasteiger partial charge in [0.25, 0.3) is 5.56 Å². The standard InChI is InChI=1S/C25H23N3O3/c1-27-21-15-9-8-14-20(21)24(30)28(25(27)31)22(16-18-10-4-2-5-11-18)23(29)26-17-19-12-6-3-7-13-19/h2-15,22H,16-17H2,1H3,(H,26,29). The van der Waals surface area contributed by atoms with E-state index in [1.165, 1.54) is 4.57 Å². The van der Waals surface area contributed by atoms with Crippen LogP contribution in [-0.4, -0.2) is 15.0 Å². The Morgan fingerprint density at radius 3 is 2.10 bits per heavy atom. The molecule has 0 saturated heterocycles. The quantitative estimate of drug-likeness (QED) is 0.528. The van der Waals surface area contributed by atoms with Gasteiger partial charge < -0.3 is 5.32 Å². The van der Waals surface area contributed by atoms with Crippen LogP contribution in [0.15, 0.2) is 94.5 Å². The molecule has 156 valence electrons. The van der Waals surface area contributed by atoms with Gasteiger partial charge in [-0.25, -0.2) is 9.36 Å². The molecule has 0 saturated carbocycles. The second kappa shape index (κ2) is 8.83. The third kappa shape index (κ3) is 4.19. The number of benzene rings is 3. The Hall–Kier alpha value is -3.93. The van der Waals surface area contributed by atoms with Crippen molar-refractivity contribution < 1.29 is 4.79 Å². The molecule has 4 aromatic rings. The zero-order chi connectivity index (χ0) is 21.8. The van der Waals surface area contributed by atoms with E-state index >= 15 is 0 Å². The molecule has 0 fully saturated rings. The summed E-state index contributed by atoms with van der Waals surface area (Å²) in [6.07, 6.45) is 0.231. The molecule has 1 heterocycles. The minimum Gasteiger partial charge on any atom is -0.350 e. The summed E-state index contributed by atoms with van der Waals surface area (Å²) in [5, 5.41) is 3.29. The van der Waals surface area contributed by atoms with Crippen molar-refractivity contribution in [3.8, 4) is 0 Å². The van der Waals surface area contributed by atoms with Gasteiger partial charge in [0.1, 0.15) is 6.04 Å². The first-order chi connectivity index (χ1) is 15.1. The van der Waals surface area contributed by atoms with Gasteiger partial charge in [0.15, 0.2) is 0 Å². The predicted molar refractivity (Wildman–Crippen MR) is 121 cm³/mol. The lowest BCUT2D eigenvalue weighted by atomic mass is 10.0. The van der Waals surface area contributed by atoms with Crippen LogP contribution in [0.2, 0.25) is 0 Å². The largest absolute Gasteiger partial charge is 0.350 e. The fourth-order valence-corrected chi connectivity index (χ4v) is 3.74. The van der Waals surface area contributed by atoms with Crippen molar-refractivity contribution in [3.05, 3.63) is 117 Å². The Bertz CT molecular complexity index is 1330. The number of para-hydroxylation sites is 1. The van der Waals surface area contributed by atoms with Crippen LogP contribution in [-0.2, 0) is 24.8 Å². The van der Waals surface area contributed by atoms with Gasteiger partial charge in [-0.1, -0.05) is 72.8 Å². The van der Waals surface area contributed by atoms with Gasteiger partial charge in [0.2, 0.25) is 5.91 Å². The van der Waals surface area contributed by atoms with Crippen LogP contribution < -0.4 is 16.6 Å². The van der Waals surface area contributed by atoms with Gasteiger partial charge in [-0.2, -0.15) is 0 Å². The molecule has 3 aromatic carbocycles. The number of carbonyl (C=O) groups excluding carboxylic acids is 1. The predicted octanol–water partition coefficient (Wildman–Crippen LogP) is 2.80. The Balaban J connectivity index is 1.78. The number of aromatic nitrogens is 2. The number of nitrogens with zero attached hydrogens (tertiary/aromatic N) is 2. The lowest BCUT2D eigenvalue weighted by Crippen LogP contribution is -2.47. The molecule has 0 bridgehead atoms. The van der Waals surface area contributed by atoms with Crippen molar-refractivity contribution in [1.29, 1.82) is 0 Å². The van der Waals surface area contributed by atoms with E-state index in [9.17, 15) is 14.4 Å². The number of hydrogen-bond acceptors (Lipinski definition) is 3. The highest BCUT2D eigenvalue weighted by Crippen LogP contribution is 2.15. The monoisotopic (exact) mass is 413 g/mol. The molecule has 6 nitrogen and oxygen atoms in total. The molecule has 0 aliphatic carbocycles. The second-order valence-electron chi connectivity index (χ2n) is 7.44. The van der Waals surface area contributed by atoms with E-state index in [1.807, 2.05) is 60.7 Å². The van der Waals surface area contributed by atoms with Crippen LogP contribution >= 0.6 is 0 Å². The van der Waals surface area contributed by atoms with E-state index in [0.29, 0.717) is 17.4 Å². The van der Waals surface area contributed by atoms with Gasteiger partial charge >= 0.3 is 5.69 Å². The highest BCUT2D eigenvalue weighted by Gasteiger charge is 2.26. The molecule has 0 aliphatic rings. The van der Waals surface area contributed by atoms with Crippen molar-refractivity contribution in [1.82, 2.24) is 14.5 Å². The summed E-state index contributed by atoms with van der Waals surface area (Å²) in [4.78, 5) is 39.7. The number of hydrogen-bond donors (Lipinski definition) is 1. The number of fused-ring (bicyclic) bond motifs is 1. The van der Waals surface area contributed by atoms with Crippen LogP contribution in [0.1, 0.15) is 17.2 Å². The summed E-state index contributed by atoms with van der Waals surface area (Å²) in [6, 6.07) is 24.9. The van der Waals surface area contributed by atoms with E-state index in [1.54, 1.807) is 31.3 Å². The fourth-order valence-electron chi connectivity index (χ4n) is 3.74. The van der Waals surface area contributed by atoms with Crippen LogP contribution in [0.3, 0.4) is 0 Å². The Labute approximate surface area is 179 Å². The summed E-state index contributed by atoms with van der Waals surface area (Å²) >= 11 is 0. The topological polar surface area (TPSA) is 73.1 Å². The maximum Gasteiger partial charge on any atom is 0.331 e. The zero-order valence-corrected chi connectivity index (χ0v) is 17.2. The number of nitrogens with one attached hydrogen (secondary N) is 1. The summed E-state index contributed by atoms with van der Waals surface area (Å²) in [5.41, 5.74) is 1.36. The first kappa shape index (κ1) is 20.3. The van der Waals surface area contributed by atoms with Gasteiger partial charge in [-0.15, -0.1) is 0 Å². The third-order valence-corrected chi connectivity index (χ3v) is 5.40. The normalized spacial score (nSPS) is 11.9. The summed E-state index contributed by atoms with van der Waals surface area (Å²) in [7, 11) is 1.61. The number of amides is 1. The lowest BCUT2D eigenvalue weighted by Gasteiger charge is -2.20. The Morgan fingerprint density at radius 2 is 1.42 bits per heavy atom. The summed E-state index contributed by atoms with van der Waals surface area (Å²) in [6.45, 7) is 0.313. The Kier molecular flexibility index (Phi) is 5.80. The molecule has 6 heteroatoms. The molecular formula is C25H23N3O3. The molecule has 1 atom stereocenters. The third-order valence-electron chi connectivity index (χ3n) is 5.40. The maximum absolute atomic E-state index is 13.3.